The van der Waals surface area contributed by atoms with Gasteiger partial charge in [0.15, 0.2) is 0 Å². The van der Waals surface area contributed by atoms with Gasteiger partial charge in [-0.25, -0.2) is 0 Å². The van der Waals surface area contributed by atoms with Gasteiger partial charge < -0.3 is 5.11 Å². The zero-order chi connectivity index (χ0) is 12.5. The maximum absolute atomic E-state index is 10.5. The quantitative estimate of drug-likeness (QED) is 0.879. The van der Waals surface area contributed by atoms with Crippen LogP contribution < -0.4 is 0 Å². The van der Waals surface area contributed by atoms with E-state index in [0.29, 0.717) is 0 Å². The van der Waals surface area contributed by atoms with Crippen molar-refractivity contribution in [2.45, 2.75) is 23.8 Å². The molecule has 92 valence electrons. The first-order valence-corrected chi connectivity index (χ1v) is 7.20. The minimum absolute atomic E-state index is 0.217. The molecule has 1 nitrogen and oxygen atoms in total. The monoisotopic (exact) mass is 256 g/mol. The summed E-state index contributed by atoms with van der Waals surface area (Å²) in [5.41, 5.74) is 3.53. The molecule has 18 heavy (non-hydrogen) atoms. The topological polar surface area (TPSA) is 20.2 Å². The van der Waals surface area contributed by atoms with Crippen molar-refractivity contribution in [1.29, 1.82) is 0 Å². The smallest absolute Gasteiger partial charge is 0.0867 e. The summed E-state index contributed by atoms with van der Waals surface area (Å²) in [6.07, 6.45) is -0.401. The van der Waals surface area contributed by atoms with Crippen LogP contribution in [-0.2, 0) is 0 Å². The molecule has 0 saturated heterocycles. The molecule has 3 rings (SSSR count). The van der Waals surface area contributed by atoms with Gasteiger partial charge in [-0.3, -0.25) is 0 Å². The van der Waals surface area contributed by atoms with E-state index in [4.69, 9.17) is 0 Å². The molecule has 0 aromatic heterocycles. The second-order valence-electron chi connectivity index (χ2n) is 4.81. The van der Waals surface area contributed by atoms with Crippen molar-refractivity contribution in [2.75, 3.05) is 5.75 Å². The summed E-state index contributed by atoms with van der Waals surface area (Å²) in [6, 6.07) is 16.6. The van der Waals surface area contributed by atoms with Crippen LogP contribution >= 0.6 is 11.8 Å². The Morgan fingerprint density at radius 2 is 1.83 bits per heavy atom. The van der Waals surface area contributed by atoms with Crippen LogP contribution in [-0.4, -0.2) is 10.9 Å². The number of thioether (sulfide) groups is 1. The van der Waals surface area contributed by atoms with Gasteiger partial charge in [0.2, 0.25) is 0 Å². The number of hydrogen-bond acceptors (Lipinski definition) is 2. The Bertz CT molecular complexity index is 547. The summed E-state index contributed by atoms with van der Waals surface area (Å²) in [6.45, 7) is 2.07. The lowest BCUT2D eigenvalue weighted by atomic mass is 9.90. The lowest BCUT2D eigenvalue weighted by Crippen LogP contribution is -2.10. The fourth-order valence-corrected chi connectivity index (χ4v) is 3.73. The van der Waals surface area contributed by atoms with Crippen molar-refractivity contribution in [3.8, 4) is 0 Å². The van der Waals surface area contributed by atoms with Gasteiger partial charge in [0.1, 0.15) is 0 Å². The number of rotatable bonds is 2. The number of aryl methyl sites for hydroxylation is 1. The molecule has 0 saturated carbocycles. The van der Waals surface area contributed by atoms with E-state index < -0.39 is 6.10 Å². The summed E-state index contributed by atoms with van der Waals surface area (Å²) in [7, 11) is 0. The van der Waals surface area contributed by atoms with Crippen molar-refractivity contribution in [3.05, 3.63) is 65.2 Å². The average molecular weight is 256 g/mol. The maximum atomic E-state index is 10.5. The van der Waals surface area contributed by atoms with Gasteiger partial charge in [0, 0.05) is 16.6 Å². The van der Waals surface area contributed by atoms with Crippen molar-refractivity contribution in [1.82, 2.24) is 0 Å². The highest BCUT2D eigenvalue weighted by molar-refractivity contribution is 7.99. The van der Waals surface area contributed by atoms with Crippen LogP contribution in [0.15, 0.2) is 53.4 Å². The normalized spacial score (nSPS) is 19.6. The molecule has 2 heteroatoms. The van der Waals surface area contributed by atoms with Crippen molar-refractivity contribution in [2.24, 2.45) is 0 Å². The zero-order valence-electron chi connectivity index (χ0n) is 10.3. The van der Waals surface area contributed by atoms with Crippen LogP contribution in [0.1, 0.15) is 28.7 Å². The molecule has 1 aliphatic rings. The molecule has 2 unspecified atom stereocenters. The second-order valence-corrected chi connectivity index (χ2v) is 5.87. The van der Waals surface area contributed by atoms with Crippen molar-refractivity contribution >= 4 is 11.8 Å². The number of benzene rings is 2. The van der Waals surface area contributed by atoms with Crippen molar-refractivity contribution < 1.29 is 5.11 Å². The van der Waals surface area contributed by atoms with E-state index >= 15 is 0 Å². The van der Waals surface area contributed by atoms with Gasteiger partial charge in [0.25, 0.3) is 0 Å². The Morgan fingerprint density at radius 3 is 2.61 bits per heavy atom. The average Bonchev–Trinajstić information content (AvgIpc) is 2.82. The minimum atomic E-state index is -0.401. The second kappa shape index (κ2) is 4.79. The van der Waals surface area contributed by atoms with Crippen LogP contribution in [0.5, 0.6) is 0 Å². The van der Waals surface area contributed by atoms with E-state index in [1.807, 2.05) is 23.9 Å². The molecule has 0 spiro atoms. The highest BCUT2D eigenvalue weighted by Gasteiger charge is 2.29. The number of hydrogen-bond donors (Lipinski definition) is 1. The van der Waals surface area contributed by atoms with E-state index in [1.165, 1.54) is 16.0 Å². The molecular weight excluding hydrogens is 240 g/mol. The molecular formula is C16H16OS. The Hall–Kier alpha value is -1.25. The Balaban J connectivity index is 1.90. The first kappa shape index (κ1) is 11.8. The van der Waals surface area contributed by atoms with E-state index in [0.717, 1.165) is 11.3 Å². The van der Waals surface area contributed by atoms with Crippen LogP contribution in [0.3, 0.4) is 0 Å². The van der Waals surface area contributed by atoms with Crippen LogP contribution in [0.2, 0.25) is 0 Å². The van der Waals surface area contributed by atoms with Crippen LogP contribution in [0.4, 0.5) is 0 Å². The van der Waals surface area contributed by atoms with Gasteiger partial charge in [-0.15, -0.1) is 11.8 Å². The predicted octanol–water partition coefficient (Wildman–Crippen LogP) is 3.92. The van der Waals surface area contributed by atoms with Gasteiger partial charge >= 0.3 is 0 Å². The Labute approximate surface area is 112 Å². The van der Waals surface area contributed by atoms with E-state index in [-0.39, 0.29) is 5.92 Å². The Morgan fingerprint density at radius 1 is 1.11 bits per heavy atom. The predicted molar refractivity (Wildman–Crippen MR) is 76.0 cm³/mol. The molecule has 0 aliphatic carbocycles. The molecule has 0 radical (unpaired) electrons. The molecule has 2 atom stereocenters. The molecule has 0 fully saturated rings. The third kappa shape index (κ3) is 2.06. The van der Waals surface area contributed by atoms with Gasteiger partial charge in [-0.05, 0) is 24.1 Å². The van der Waals surface area contributed by atoms with E-state index in [2.05, 4.69) is 43.3 Å². The van der Waals surface area contributed by atoms with Gasteiger partial charge in [0.05, 0.1) is 6.10 Å². The minimum Gasteiger partial charge on any atom is -0.388 e. The van der Waals surface area contributed by atoms with Crippen molar-refractivity contribution in [3.63, 3.8) is 0 Å². The van der Waals surface area contributed by atoms with Gasteiger partial charge in [-0.1, -0.05) is 48.0 Å². The fraction of sp³-hybridized carbons (Fsp3) is 0.250. The summed E-state index contributed by atoms with van der Waals surface area (Å²) in [4.78, 5) is 1.31. The summed E-state index contributed by atoms with van der Waals surface area (Å²) in [5, 5.41) is 10.5. The fourth-order valence-electron chi connectivity index (χ4n) is 2.44. The molecule has 1 N–H and O–H groups in total. The highest BCUT2D eigenvalue weighted by Crippen LogP contribution is 2.45. The number of aliphatic hydroxyl groups excluding tert-OH is 1. The molecule has 1 aliphatic heterocycles. The molecule has 1 heterocycles. The summed E-state index contributed by atoms with van der Waals surface area (Å²) < 4.78 is 0. The molecule has 0 amide bonds. The third-order valence-electron chi connectivity index (χ3n) is 3.54. The zero-order valence-corrected chi connectivity index (χ0v) is 11.2. The largest absolute Gasteiger partial charge is 0.388 e. The lowest BCUT2D eigenvalue weighted by Gasteiger charge is -2.19. The molecule has 0 bridgehead atoms. The summed E-state index contributed by atoms with van der Waals surface area (Å²) in [5.74, 6) is 1.18. The number of aliphatic hydroxyl groups is 1. The first-order chi connectivity index (χ1) is 8.75. The van der Waals surface area contributed by atoms with Gasteiger partial charge in [-0.2, -0.15) is 0 Å². The van der Waals surface area contributed by atoms with E-state index in [1.54, 1.807) is 0 Å². The maximum Gasteiger partial charge on any atom is 0.0867 e. The highest BCUT2D eigenvalue weighted by atomic mass is 32.2. The van der Waals surface area contributed by atoms with E-state index in [9.17, 15) is 5.11 Å². The summed E-state index contributed by atoms with van der Waals surface area (Å²) >= 11 is 1.84. The molecule has 2 aromatic rings. The van der Waals surface area contributed by atoms with Crippen LogP contribution in [0.25, 0.3) is 0 Å². The number of fused-ring (bicyclic) bond motifs is 1. The lowest BCUT2D eigenvalue weighted by molar-refractivity contribution is 0.154. The molecule has 2 aromatic carbocycles. The SMILES string of the molecule is Cc1ccc(C(O)C2CSc3ccccc32)cc1. The van der Waals surface area contributed by atoms with Crippen LogP contribution in [0, 0.1) is 6.92 Å². The Kier molecular flexibility index (Phi) is 3.14. The first-order valence-electron chi connectivity index (χ1n) is 6.22. The standard InChI is InChI=1S/C16H16OS/c1-11-6-8-12(9-7-11)16(17)14-10-18-15-5-3-2-4-13(14)15/h2-9,14,16-17H,10H2,1H3. The third-order valence-corrected chi connectivity index (χ3v) is 4.75.